The van der Waals surface area contributed by atoms with Crippen molar-refractivity contribution in [1.29, 1.82) is 0 Å². The summed E-state index contributed by atoms with van der Waals surface area (Å²) in [6.07, 6.45) is 4.40. The summed E-state index contributed by atoms with van der Waals surface area (Å²) < 4.78 is 10.8. The van der Waals surface area contributed by atoms with E-state index in [4.69, 9.17) is 9.47 Å². The lowest BCUT2D eigenvalue weighted by atomic mass is 10.0. The molecule has 0 aromatic rings. The number of unbranched alkanes of at least 4 members (excludes halogenated alkanes) is 1. The first kappa shape index (κ1) is 19.8. The summed E-state index contributed by atoms with van der Waals surface area (Å²) in [5.74, 6) is 0.625. The Morgan fingerprint density at radius 3 is 2.45 bits per heavy atom. The Morgan fingerprint density at radius 1 is 1.20 bits per heavy atom. The molecule has 0 bridgehead atoms. The number of β-amino-alcohol motifs (C(OH)–C–C–N with tert-alkyl or cyclic N) is 1. The summed E-state index contributed by atoms with van der Waals surface area (Å²) in [5.41, 5.74) is -0.122. The van der Waals surface area contributed by atoms with Gasteiger partial charge in [0.2, 0.25) is 0 Å². The second-order valence-corrected chi connectivity index (χ2v) is 6.31. The number of aliphatic hydroxyl groups excluding tert-OH is 1. The van der Waals surface area contributed by atoms with Crippen molar-refractivity contribution in [2.24, 2.45) is 5.92 Å². The molecular formula is C16H35NO3. The molecule has 0 aromatic carbocycles. The van der Waals surface area contributed by atoms with Crippen LogP contribution in [0.5, 0.6) is 0 Å². The van der Waals surface area contributed by atoms with Gasteiger partial charge in [-0.2, -0.15) is 0 Å². The van der Waals surface area contributed by atoms with E-state index in [1.54, 1.807) is 7.11 Å². The van der Waals surface area contributed by atoms with Gasteiger partial charge in [0.15, 0.2) is 0 Å². The molecule has 4 heteroatoms. The average Bonchev–Trinajstić information content (AvgIpc) is 2.40. The van der Waals surface area contributed by atoms with E-state index in [1.165, 1.54) is 19.3 Å². The third-order valence-electron chi connectivity index (χ3n) is 3.53. The normalized spacial score (nSPS) is 15.3. The standard InChI is InChI=1S/C16H35NO3/c1-6-8-9-14(7-2)11-20-12-15(18)10-17-16(3,4)13-19-5/h14-15,17-18H,6-13H2,1-5H3. The highest BCUT2D eigenvalue weighted by Crippen LogP contribution is 2.12. The molecule has 0 aliphatic rings. The summed E-state index contributed by atoms with van der Waals surface area (Å²) in [7, 11) is 1.68. The molecule has 0 aliphatic carbocycles. The van der Waals surface area contributed by atoms with Crippen LogP contribution in [0.15, 0.2) is 0 Å². The fourth-order valence-electron chi connectivity index (χ4n) is 2.13. The SMILES string of the molecule is CCCCC(CC)COCC(O)CNC(C)(C)COC. The molecule has 2 unspecified atom stereocenters. The van der Waals surface area contributed by atoms with Gasteiger partial charge >= 0.3 is 0 Å². The van der Waals surface area contributed by atoms with Gasteiger partial charge in [-0.25, -0.2) is 0 Å². The zero-order valence-electron chi connectivity index (χ0n) is 14.1. The van der Waals surface area contributed by atoms with E-state index in [-0.39, 0.29) is 5.54 Å². The molecular weight excluding hydrogens is 254 g/mol. The molecule has 0 radical (unpaired) electrons. The van der Waals surface area contributed by atoms with Crippen molar-refractivity contribution in [3.8, 4) is 0 Å². The Bertz CT molecular complexity index is 222. The van der Waals surface area contributed by atoms with Gasteiger partial charge in [-0.05, 0) is 26.2 Å². The fourth-order valence-corrected chi connectivity index (χ4v) is 2.13. The molecule has 0 spiro atoms. The summed E-state index contributed by atoms with van der Waals surface area (Å²) in [6, 6.07) is 0. The van der Waals surface area contributed by atoms with Crippen LogP contribution in [0.2, 0.25) is 0 Å². The minimum Gasteiger partial charge on any atom is -0.389 e. The molecule has 2 N–H and O–H groups in total. The van der Waals surface area contributed by atoms with Crippen molar-refractivity contribution in [3.05, 3.63) is 0 Å². The zero-order chi connectivity index (χ0) is 15.4. The van der Waals surface area contributed by atoms with Crippen molar-refractivity contribution in [2.45, 2.75) is 65.0 Å². The predicted octanol–water partition coefficient (Wildman–Crippen LogP) is 2.59. The average molecular weight is 289 g/mol. The molecule has 0 rings (SSSR count). The largest absolute Gasteiger partial charge is 0.389 e. The minimum atomic E-state index is -0.463. The van der Waals surface area contributed by atoms with Gasteiger partial charge in [0.25, 0.3) is 0 Å². The summed E-state index contributed by atoms with van der Waals surface area (Å²) in [5, 5.41) is 13.2. The lowest BCUT2D eigenvalue weighted by Gasteiger charge is -2.27. The summed E-state index contributed by atoms with van der Waals surface area (Å²) >= 11 is 0. The van der Waals surface area contributed by atoms with Crippen molar-refractivity contribution in [3.63, 3.8) is 0 Å². The number of rotatable bonds is 13. The van der Waals surface area contributed by atoms with Gasteiger partial charge in [-0.1, -0.05) is 33.1 Å². The quantitative estimate of drug-likeness (QED) is 0.547. The maximum Gasteiger partial charge on any atom is 0.0897 e. The Hall–Kier alpha value is -0.160. The van der Waals surface area contributed by atoms with E-state index >= 15 is 0 Å². The Morgan fingerprint density at radius 2 is 1.90 bits per heavy atom. The first-order valence-corrected chi connectivity index (χ1v) is 7.95. The van der Waals surface area contributed by atoms with Crippen LogP contribution in [-0.2, 0) is 9.47 Å². The topological polar surface area (TPSA) is 50.7 Å². The van der Waals surface area contributed by atoms with Gasteiger partial charge in [-0.15, -0.1) is 0 Å². The van der Waals surface area contributed by atoms with Gasteiger partial charge < -0.3 is 19.9 Å². The molecule has 20 heavy (non-hydrogen) atoms. The van der Waals surface area contributed by atoms with E-state index in [0.717, 1.165) is 13.0 Å². The van der Waals surface area contributed by atoms with E-state index in [9.17, 15) is 5.11 Å². The molecule has 122 valence electrons. The van der Waals surface area contributed by atoms with E-state index in [0.29, 0.717) is 25.7 Å². The van der Waals surface area contributed by atoms with Crippen LogP contribution in [0.1, 0.15) is 53.4 Å². The predicted molar refractivity (Wildman–Crippen MR) is 84.1 cm³/mol. The third-order valence-corrected chi connectivity index (χ3v) is 3.53. The van der Waals surface area contributed by atoms with Crippen LogP contribution < -0.4 is 5.32 Å². The fraction of sp³-hybridized carbons (Fsp3) is 1.00. The lowest BCUT2D eigenvalue weighted by Crippen LogP contribution is -2.47. The van der Waals surface area contributed by atoms with E-state index < -0.39 is 6.10 Å². The summed E-state index contributed by atoms with van der Waals surface area (Å²) in [6.45, 7) is 10.8. The van der Waals surface area contributed by atoms with Crippen LogP contribution in [0.3, 0.4) is 0 Å². The van der Waals surface area contributed by atoms with Crippen molar-refractivity contribution in [1.82, 2.24) is 5.32 Å². The Labute approximate surface area is 125 Å². The zero-order valence-corrected chi connectivity index (χ0v) is 14.1. The number of methoxy groups -OCH3 is 1. The van der Waals surface area contributed by atoms with Gasteiger partial charge in [0.05, 0.1) is 19.3 Å². The smallest absolute Gasteiger partial charge is 0.0897 e. The minimum absolute atomic E-state index is 0.122. The number of ether oxygens (including phenoxy) is 2. The second-order valence-electron chi connectivity index (χ2n) is 6.31. The van der Waals surface area contributed by atoms with Gasteiger partial charge in [-0.3, -0.25) is 0 Å². The third kappa shape index (κ3) is 10.6. The maximum absolute atomic E-state index is 9.91. The molecule has 0 heterocycles. The van der Waals surface area contributed by atoms with Gasteiger partial charge in [0.1, 0.15) is 0 Å². The lowest BCUT2D eigenvalue weighted by molar-refractivity contribution is 0.0139. The Balaban J connectivity index is 3.73. The monoisotopic (exact) mass is 289 g/mol. The maximum atomic E-state index is 9.91. The Kier molecular flexibility index (Phi) is 11.4. The van der Waals surface area contributed by atoms with E-state index in [1.807, 2.05) is 0 Å². The highest BCUT2D eigenvalue weighted by atomic mass is 16.5. The molecule has 0 aliphatic heterocycles. The molecule has 0 amide bonds. The van der Waals surface area contributed by atoms with Crippen LogP contribution in [0.25, 0.3) is 0 Å². The second kappa shape index (κ2) is 11.5. The first-order valence-electron chi connectivity index (χ1n) is 7.95. The van der Waals surface area contributed by atoms with Crippen LogP contribution in [0, 0.1) is 5.92 Å². The van der Waals surface area contributed by atoms with Crippen LogP contribution >= 0.6 is 0 Å². The highest BCUT2D eigenvalue weighted by Gasteiger charge is 2.18. The van der Waals surface area contributed by atoms with Crippen LogP contribution in [0.4, 0.5) is 0 Å². The first-order chi connectivity index (χ1) is 9.45. The molecule has 2 atom stereocenters. The van der Waals surface area contributed by atoms with Crippen molar-refractivity contribution < 1.29 is 14.6 Å². The van der Waals surface area contributed by atoms with Crippen molar-refractivity contribution >= 4 is 0 Å². The molecule has 0 saturated carbocycles. The molecule has 0 aromatic heterocycles. The molecule has 0 saturated heterocycles. The number of hydrogen-bond acceptors (Lipinski definition) is 4. The number of nitrogens with one attached hydrogen (secondary N) is 1. The molecule has 0 fully saturated rings. The van der Waals surface area contributed by atoms with Crippen LogP contribution in [-0.4, -0.2) is 50.2 Å². The van der Waals surface area contributed by atoms with Gasteiger partial charge in [0, 0.05) is 25.8 Å². The number of aliphatic hydroxyl groups is 1. The highest BCUT2D eigenvalue weighted by molar-refractivity contribution is 4.78. The number of hydrogen-bond donors (Lipinski definition) is 2. The molecule has 4 nitrogen and oxygen atoms in total. The summed E-state index contributed by atoms with van der Waals surface area (Å²) in [4.78, 5) is 0. The van der Waals surface area contributed by atoms with Crippen molar-refractivity contribution in [2.75, 3.05) is 33.5 Å². The van der Waals surface area contributed by atoms with E-state index in [2.05, 4.69) is 33.0 Å².